The summed E-state index contributed by atoms with van der Waals surface area (Å²) in [6.45, 7) is 0.277. The molecule has 0 spiro atoms. The number of nitrogens with zero attached hydrogens (tertiary/aromatic N) is 1. The Hall–Kier alpha value is -2.94. The third-order valence-corrected chi connectivity index (χ3v) is 5.20. The average molecular weight is 439 g/mol. The van der Waals surface area contributed by atoms with Crippen molar-refractivity contribution in [1.82, 2.24) is 15.6 Å². The van der Waals surface area contributed by atoms with Gasteiger partial charge in [0.2, 0.25) is 5.91 Å². The highest BCUT2D eigenvalue weighted by Crippen LogP contribution is 2.44. The number of rotatable bonds is 4. The summed E-state index contributed by atoms with van der Waals surface area (Å²) >= 11 is 5.76. The van der Waals surface area contributed by atoms with Crippen molar-refractivity contribution in [3.05, 3.63) is 58.4 Å². The van der Waals surface area contributed by atoms with Gasteiger partial charge in [0.1, 0.15) is 22.5 Å². The number of carbonyl (C=O) groups is 2. The molecule has 2 aliphatic rings. The van der Waals surface area contributed by atoms with E-state index in [1.54, 1.807) is 6.07 Å². The molecule has 1 aliphatic carbocycles. The molecule has 1 saturated heterocycles. The minimum absolute atomic E-state index is 0.0425. The van der Waals surface area contributed by atoms with E-state index in [9.17, 15) is 18.4 Å². The number of halogens is 3. The van der Waals surface area contributed by atoms with Gasteiger partial charge in [0, 0.05) is 36.6 Å². The zero-order chi connectivity index (χ0) is 21.9. The van der Waals surface area contributed by atoms with E-state index in [0.29, 0.717) is 5.15 Å². The van der Waals surface area contributed by atoms with E-state index in [1.165, 1.54) is 7.11 Å². The predicted molar refractivity (Wildman–Crippen MR) is 106 cm³/mol. The number of primary amides is 1. The number of nitrogens with two attached hydrogens (primary N) is 1. The van der Waals surface area contributed by atoms with Crippen LogP contribution in [0.4, 0.5) is 13.6 Å². The first-order valence-electron chi connectivity index (χ1n) is 9.24. The van der Waals surface area contributed by atoms with Crippen LogP contribution in [0, 0.1) is 11.6 Å². The van der Waals surface area contributed by atoms with Gasteiger partial charge in [0.05, 0.1) is 18.3 Å². The monoisotopic (exact) mass is 438 g/mol. The Morgan fingerprint density at radius 1 is 1.33 bits per heavy atom. The number of benzene rings is 1. The Morgan fingerprint density at radius 2 is 2.00 bits per heavy atom. The van der Waals surface area contributed by atoms with Crippen molar-refractivity contribution in [3.8, 4) is 5.75 Å². The molecule has 1 aromatic carbocycles. The van der Waals surface area contributed by atoms with Gasteiger partial charge in [-0.15, -0.1) is 0 Å². The van der Waals surface area contributed by atoms with E-state index in [4.69, 9.17) is 22.1 Å². The normalized spacial score (nSPS) is 18.7. The molecular formula is C20H21ClF2N4O3. The molecule has 2 fully saturated rings. The quantitative estimate of drug-likeness (QED) is 0.638. The molecule has 0 radical (unpaired) electrons. The lowest BCUT2D eigenvalue weighted by molar-refractivity contribution is -0.119. The summed E-state index contributed by atoms with van der Waals surface area (Å²) in [5.41, 5.74) is 5.46. The molecule has 2 heterocycles. The summed E-state index contributed by atoms with van der Waals surface area (Å²) in [5.74, 6) is -1.81. The molecule has 2 aromatic rings. The van der Waals surface area contributed by atoms with Crippen LogP contribution >= 0.6 is 11.6 Å². The van der Waals surface area contributed by atoms with Crippen molar-refractivity contribution in [2.24, 2.45) is 5.73 Å². The minimum atomic E-state index is -0.668. The number of hydrogen-bond donors (Lipinski definition) is 3. The molecule has 4 rings (SSSR count). The number of hydrogen-bond acceptors (Lipinski definition) is 4. The second-order valence-electron chi connectivity index (χ2n) is 7.13. The van der Waals surface area contributed by atoms with Crippen LogP contribution < -0.4 is 21.1 Å². The second kappa shape index (κ2) is 8.83. The van der Waals surface area contributed by atoms with Crippen LogP contribution in [-0.2, 0) is 10.3 Å². The number of pyridine rings is 1. The molecule has 160 valence electrons. The van der Waals surface area contributed by atoms with E-state index in [0.717, 1.165) is 30.7 Å². The molecular weight excluding hydrogens is 418 g/mol. The number of methoxy groups -OCH3 is 1. The number of nitrogens with one attached hydrogen (secondary N) is 2. The van der Waals surface area contributed by atoms with Gasteiger partial charge in [0.25, 0.3) is 0 Å². The molecule has 30 heavy (non-hydrogen) atoms. The van der Waals surface area contributed by atoms with Crippen molar-refractivity contribution < 1.29 is 23.1 Å². The van der Waals surface area contributed by atoms with Crippen LogP contribution in [0.15, 0.2) is 30.3 Å². The Morgan fingerprint density at radius 3 is 2.47 bits per heavy atom. The standard InChI is InChI=1S/C11H11F2NO2.C9H10ClN3O/c1-16-7-3-8(12)11(9(13)4-7)6-2-10(15)14-5-6;10-7-3-1-2-6(12-7)9(4-5-9)13-8(11)14/h3-4,6H,2,5H2,1H3,(H,14,15);1-3H,4-5H2,(H3,11,13,14). The van der Waals surface area contributed by atoms with Crippen LogP contribution in [0.5, 0.6) is 5.75 Å². The fourth-order valence-electron chi connectivity index (χ4n) is 3.36. The van der Waals surface area contributed by atoms with Crippen molar-refractivity contribution in [1.29, 1.82) is 0 Å². The van der Waals surface area contributed by atoms with E-state index in [2.05, 4.69) is 15.6 Å². The van der Waals surface area contributed by atoms with Gasteiger partial charge < -0.3 is 21.1 Å². The van der Waals surface area contributed by atoms with Crippen molar-refractivity contribution >= 4 is 23.5 Å². The first-order chi connectivity index (χ1) is 14.2. The van der Waals surface area contributed by atoms with Crippen molar-refractivity contribution in [2.45, 2.75) is 30.7 Å². The number of aromatic nitrogens is 1. The lowest BCUT2D eigenvalue weighted by Crippen LogP contribution is -2.39. The third kappa shape index (κ3) is 4.96. The molecule has 1 aromatic heterocycles. The fourth-order valence-corrected chi connectivity index (χ4v) is 3.52. The van der Waals surface area contributed by atoms with Crippen LogP contribution in [0.1, 0.15) is 36.4 Å². The van der Waals surface area contributed by atoms with Crippen molar-refractivity contribution in [2.75, 3.05) is 13.7 Å². The molecule has 4 N–H and O–H groups in total. The largest absolute Gasteiger partial charge is 0.497 e. The molecule has 1 atom stereocenters. The van der Waals surface area contributed by atoms with Gasteiger partial charge in [-0.3, -0.25) is 4.79 Å². The van der Waals surface area contributed by atoms with Gasteiger partial charge in [-0.1, -0.05) is 17.7 Å². The summed E-state index contributed by atoms with van der Waals surface area (Å²) in [6, 6.07) is 7.08. The minimum Gasteiger partial charge on any atom is -0.497 e. The number of urea groups is 1. The maximum Gasteiger partial charge on any atom is 0.312 e. The Bertz CT molecular complexity index is 946. The Labute approximate surface area is 176 Å². The van der Waals surface area contributed by atoms with Crippen LogP contribution in [0.2, 0.25) is 5.15 Å². The number of ether oxygens (including phenoxy) is 1. The Balaban J connectivity index is 0.000000172. The van der Waals surface area contributed by atoms with Crippen LogP contribution in [0.3, 0.4) is 0 Å². The van der Waals surface area contributed by atoms with Crippen LogP contribution in [-0.4, -0.2) is 30.6 Å². The maximum absolute atomic E-state index is 13.6. The summed E-state index contributed by atoms with van der Waals surface area (Å²) in [5, 5.41) is 5.67. The zero-order valence-corrected chi connectivity index (χ0v) is 16.9. The second-order valence-corrected chi connectivity index (χ2v) is 7.51. The van der Waals surface area contributed by atoms with Crippen LogP contribution in [0.25, 0.3) is 0 Å². The molecule has 1 unspecified atom stereocenters. The Kier molecular flexibility index (Phi) is 6.40. The first kappa shape index (κ1) is 21.8. The van der Waals surface area contributed by atoms with E-state index < -0.39 is 23.6 Å². The average Bonchev–Trinajstić information content (AvgIpc) is 3.33. The van der Waals surface area contributed by atoms with Gasteiger partial charge in [-0.25, -0.2) is 18.6 Å². The molecule has 0 bridgehead atoms. The first-order valence-corrected chi connectivity index (χ1v) is 9.62. The molecule has 1 aliphatic heterocycles. The highest BCUT2D eigenvalue weighted by molar-refractivity contribution is 6.29. The van der Waals surface area contributed by atoms with E-state index in [-0.39, 0.29) is 35.7 Å². The highest BCUT2D eigenvalue weighted by atomic mass is 35.5. The molecule has 1 saturated carbocycles. The molecule has 10 heteroatoms. The summed E-state index contributed by atoms with van der Waals surface area (Å²) < 4.78 is 32.0. The van der Waals surface area contributed by atoms with E-state index >= 15 is 0 Å². The lowest BCUT2D eigenvalue weighted by atomic mass is 9.97. The maximum atomic E-state index is 13.6. The van der Waals surface area contributed by atoms with Gasteiger partial charge in [-0.2, -0.15) is 0 Å². The summed E-state index contributed by atoms with van der Waals surface area (Å²) in [6.07, 6.45) is 1.85. The zero-order valence-electron chi connectivity index (χ0n) is 16.2. The van der Waals surface area contributed by atoms with Gasteiger partial charge in [0.15, 0.2) is 0 Å². The SMILES string of the molecule is COc1cc(F)c(C2CNC(=O)C2)c(F)c1.NC(=O)NC1(c2cccc(Cl)n2)CC1. The molecule has 3 amide bonds. The summed E-state index contributed by atoms with van der Waals surface area (Å²) in [4.78, 5) is 25.9. The fraction of sp³-hybridized carbons (Fsp3) is 0.350. The predicted octanol–water partition coefficient (Wildman–Crippen LogP) is 2.97. The van der Waals surface area contributed by atoms with Gasteiger partial charge in [-0.05, 0) is 25.0 Å². The highest BCUT2D eigenvalue weighted by Gasteiger charge is 2.46. The topological polar surface area (TPSA) is 106 Å². The number of amides is 3. The summed E-state index contributed by atoms with van der Waals surface area (Å²) in [7, 11) is 1.34. The molecule has 7 nitrogen and oxygen atoms in total. The van der Waals surface area contributed by atoms with E-state index in [1.807, 2.05) is 12.1 Å². The lowest BCUT2D eigenvalue weighted by Gasteiger charge is -2.14. The number of carbonyl (C=O) groups excluding carboxylic acids is 2. The van der Waals surface area contributed by atoms with Crippen molar-refractivity contribution in [3.63, 3.8) is 0 Å². The third-order valence-electron chi connectivity index (χ3n) is 4.99. The smallest absolute Gasteiger partial charge is 0.312 e. The van der Waals surface area contributed by atoms with Gasteiger partial charge >= 0.3 is 6.03 Å².